The lowest BCUT2D eigenvalue weighted by Crippen LogP contribution is -2.36. The van der Waals surface area contributed by atoms with Crippen LogP contribution in [0.2, 0.25) is 0 Å². The predicted molar refractivity (Wildman–Crippen MR) is 66.4 cm³/mol. The quantitative estimate of drug-likeness (QED) is 0.814. The molecule has 94 valence electrons. The first-order valence-electron chi connectivity index (χ1n) is 5.94. The highest BCUT2D eigenvalue weighted by Gasteiger charge is 2.34. The molecular weight excluding hydrogens is 216 g/mol. The molecule has 3 nitrogen and oxygen atoms in total. The van der Waals surface area contributed by atoms with E-state index >= 15 is 0 Å². The Hall–Kier alpha value is -1.22. The molecular formula is C14H20O3. The summed E-state index contributed by atoms with van der Waals surface area (Å²) in [6, 6.07) is 5.57. The highest BCUT2D eigenvalue weighted by atomic mass is 16.5. The van der Waals surface area contributed by atoms with Gasteiger partial charge in [-0.25, -0.2) is 0 Å². The second kappa shape index (κ2) is 4.22. The lowest BCUT2D eigenvalue weighted by atomic mass is 9.83. The standard InChI is InChI=1S/C14H20O3/c1-14(2,3)13-8-11(15)10-6-5-9(16-4)7-12(10)17-13/h5-7,11,13,15H,8H2,1-4H3/t11-,13?/m0/s1. The summed E-state index contributed by atoms with van der Waals surface area (Å²) in [7, 11) is 1.63. The van der Waals surface area contributed by atoms with Gasteiger partial charge in [0.1, 0.15) is 17.6 Å². The summed E-state index contributed by atoms with van der Waals surface area (Å²) >= 11 is 0. The maximum Gasteiger partial charge on any atom is 0.129 e. The first-order valence-corrected chi connectivity index (χ1v) is 5.94. The molecule has 2 atom stereocenters. The van der Waals surface area contributed by atoms with Crippen LogP contribution >= 0.6 is 0 Å². The Balaban J connectivity index is 2.34. The molecule has 0 bridgehead atoms. The van der Waals surface area contributed by atoms with Crippen molar-refractivity contribution in [3.8, 4) is 11.5 Å². The molecule has 1 aliphatic rings. The van der Waals surface area contributed by atoms with E-state index in [1.54, 1.807) is 7.11 Å². The molecule has 0 aliphatic carbocycles. The molecule has 3 heteroatoms. The van der Waals surface area contributed by atoms with E-state index in [1.165, 1.54) is 0 Å². The number of aliphatic hydroxyl groups is 1. The molecule has 1 heterocycles. The molecule has 17 heavy (non-hydrogen) atoms. The Morgan fingerprint density at radius 3 is 2.65 bits per heavy atom. The summed E-state index contributed by atoms with van der Waals surface area (Å²) in [5.41, 5.74) is 0.869. The molecule has 1 N–H and O–H groups in total. The minimum Gasteiger partial charge on any atom is -0.497 e. The Morgan fingerprint density at radius 1 is 1.35 bits per heavy atom. The summed E-state index contributed by atoms with van der Waals surface area (Å²) in [6.07, 6.45) is 0.217. The van der Waals surface area contributed by atoms with Gasteiger partial charge in [0.25, 0.3) is 0 Å². The van der Waals surface area contributed by atoms with E-state index in [-0.39, 0.29) is 11.5 Å². The number of rotatable bonds is 1. The monoisotopic (exact) mass is 236 g/mol. The van der Waals surface area contributed by atoms with Crippen LogP contribution in [0, 0.1) is 5.41 Å². The van der Waals surface area contributed by atoms with Crippen molar-refractivity contribution in [2.24, 2.45) is 5.41 Å². The fraction of sp³-hybridized carbons (Fsp3) is 0.571. The smallest absolute Gasteiger partial charge is 0.129 e. The van der Waals surface area contributed by atoms with E-state index in [0.717, 1.165) is 17.1 Å². The van der Waals surface area contributed by atoms with Crippen LogP contribution in [-0.2, 0) is 0 Å². The van der Waals surface area contributed by atoms with Crippen LogP contribution in [0.4, 0.5) is 0 Å². The molecule has 1 aromatic rings. The maximum absolute atomic E-state index is 10.1. The van der Waals surface area contributed by atoms with Crippen LogP contribution in [0.5, 0.6) is 11.5 Å². The van der Waals surface area contributed by atoms with Crippen LogP contribution in [-0.4, -0.2) is 18.3 Å². The maximum atomic E-state index is 10.1. The number of benzene rings is 1. The van der Waals surface area contributed by atoms with Crippen molar-refractivity contribution in [1.82, 2.24) is 0 Å². The molecule has 0 aromatic heterocycles. The summed E-state index contributed by atoms with van der Waals surface area (Å²) in [5.74, 6) is 1.49. The zero-order valence-electron chi connectivity index (χ0n) is 10.9. The fourth-order valence-corrected chi connectivity index (χ4v) is 2.08. The van der Waals surface area contributed by atoms with Crippen LogP contribution in [0.25, 0.3) is 0 Å². The SMILES string of the molecule is COc1ccc2c(c1)OC(C(C)(C)C)C[C@@H]2O. The van der Waals surface area contributed by atoms with Gasteiger partial charge in [0.2, 0.25) is 0 Å². The minimum atomic E-state index is -0.450. The largest absolute Gasteiger partial charge is 0.497 e. The molecule has 2 rings (SSSR count). The topological polar surface area (TPSA) is 38.7 Å². The number of hydrogen-bond donors (Lipinski definition) is 1. The fourth-order valence-electron chi connectivity index (χ4n) is 2.08. The van der Waals surface area contributed by atoms with Gasteiger partial charge in [0, 0.05) is 18.1 Å². The van der Waals surface area contributed by atoms with Gasteiger partial charge in [-0.1, -0.05) is 20.8 Å². The van der Waals surface area contributed by atoms with E-state index in [9.17, 15) is 5.11 Å². The normalized spacial score (nSPS) is 23.8. The molecule has 1 aliphatic heterocycles. The summed E-state index contributed by atoms with van der Waals surface area (Å²) in [5, 5.41) is 10.1. The van der Waals surface area contributed by atoms with Crippen molar-refractivity contribution in [2.45, 2.75) is 39.4 Å². The highest BCUT2D eigenvalue weighted by Crippen LogP contribution is 2.41. The number of aliphatic hydroxyl groups excluding tert-OH is 1. The molecule has 0 amide bonds. The van der Waals surface area contributed by atoms with E-state index < -0.39 is 6.10 Å². The van der Waals surface area contributed by atoms with E-state index in [2.05, 4.69) is 20.8 Å². The van der Waals surface area contributed by atoms with Crippen LogP contribution < -0.4 is 9.47 Å². The van der Waals surface area contributed by atoms with Crippen LogP contribution in [0.3, 0.4) is 0 Å². The Morgan fingerprint density at radius 2 is 2.06 bits per heavy atom. The van der Waals surface area contributed by atoms with Gasteiger partial charge in [-0.15, -0.1) is 0 Å². The Labute approximate surface area is 102 Å². The van der Waals surface area contributed by atoms with Gasteiger partial charge in [-0.05, 0) is 17.5 Å². The molecule has 0 spiro atoms. The first kappa shape index (κ1) is 12.2. The number of fused-ring (bicyclic) bond motifs is 1. The molecule has 1 aromatic carbocycles. The summed E-state index contributed by atoms with van der Waals surface area (Å²) in [6.45, 7) is 6.36. The van der Waals surface area contributed by atoms with Crippen molar-refractivity contribution in [1.29, 1.82) is 0 Å². The average Bonchev–Trinajstić information content (AvgIpc) is 2.27. The molecule has 0 radical (unpaired) electrons. The zero-order chi connectivity index (χ0) is 12.6. The third-order valence-corrected chi connectivity index (χ3v) is 3.25. The number of ether oxygens (including phenoxy) is 2. The van der Waals surface area contributed by atoms with Crippen LogP contribution in [0.15, 0.2) is 18.2 Å². The molecule has 0 fully saturated rings. The van der Waals surface area contributed by atoms with E-state index in [1.807, 2.05) is 18.2 Å². The van der Waals surface area contributed by atoms with Crippen molar-refractivity contribution in [3.63, 3.8) is 0 Å². The summed E-state index contributed by atoms with van der Waals surface area (Å²) < 4.78 is 11.1. The Bertz CT molecular complexity index is 406. The Kier molecular flexibility index (Phi) is 3.04. The van der Waals surface area contributed by atoms with Gasteiger partial charge in [0.05, 0.1) is 13.2 Å². The van der Waals surface area contributed by atoms with Gasteiger partial charge in [-0.2, -0.15) is 0 Å². The predicted octanol–water partition coefficient (Wildman–Crippen LogP) is 2.93. The minimum absolute atomic E-state index is 0.0156. The van der Waals surface area contributed by atoms with Crippen molar-refractivity contribution in [3.05, 3.63) is 23.8 Å². The van der Waals surface area contributed by atoms with Crippen molar-refractivity contribution < 1.29 is 14.6 Å². The van der Waals surface area contributed by atoms with Crippen molar-refractivity contribution >= 4 is 0 Å². The van der Waals surface area contributed by atoms with E-state index in [4.69, 9.17) is 9.47 Å². The second-order valence-electron chi connectivity index (χ2n) is 5.63. The third kappa shape index (κ3) is 2.39. The lowest BCUT2D eigenvalue weighted by Gasteiger charge is -2.37. The molecule has 1 unspecified atom stereocenters. The lowest BCUT2D eigenvalue weighted by molar-refractivity contribution is 0.00784. The molecule has 0 saturated carbocycles. The first-order chi connectivity index (χ1) is 7.91. The number of methoxy groups -OCH3 is 1. The van der Waals surface area contributed by atoms with Gasteiger partial charge < -0.3 is 14.6 Å². The van der Waals surface area contributed by atoms with Gasteiger partial charge in [0.15, 0.2) is 0 Å². The third-order valence-electron chi connectivity index (χ3n) is 3.25. The number of hydrogen-bond acceptors (Lipinski definition) is 3. The summed E-state index contributed by atoms with van der Waals surface area (Å²) in [4.78, 5) is 0. The van der Waals surface area contributed by atoms with E-state index in [0.29, 0.717) is 6.42 Å². The molecule has 0 saturated heterocycles. The average molecular weight is 236 g/mol. The second-order valence-corrected chi connectivity index (χ2v) is 5.63. The van der Waals surface area contributed by atoms with Crippen LogP contribution in [0.1, 0.15) is 38.9 Å². The highest BCUT2D eigenvalue weighted by molar-refractivity contribution is 5.43. The zero-order valence-corrected chi connectivity index (χ0v) is 10.9. The van der Waals surface area contributed by atoms with Gasteiger partial charge >= 0.3 is 0 Å². The van der Waals surface area contributed by atoms with Crippen molar-refractivity contribution in [2.75, 3.05) is 7.11 Å². The van der Waals surface area contributed by atoms with Gasteiger partial charge in [-0.3, -0.25) is 0 Å².